The Labute approximate surface area is 129 Å². The summed E-state index contributed by atoms with van der Waals surface area (Å²) in [5.74, 6) is -0.0605. The van der Waals surface area contributed by atoms with Gasteiger partial charge in [0.2, 0.25) is 0 Å². The van der Waals surface area contributed by atoms with E-state index >= 15 is 0 Å². The third-order valence-electron chi connectivity index (χ3n) is 4.51. The fraction of sp³-hybridized carbons (Fsp3) is 0.600. The first-order chi connectivity index (χ1) is 9.91. The van der Waals surface area contributed by atoms with Crippen LogP contribution in [-0.4, -0.2) is 39.9 Å². The van der Waals surface area contributed by atoms with Gasteiger partial charge in [-0.3, -0.25) is 0 Å². The van der Waals surface area contributed by atoms with Crippen LogP contribution < -0.4 is 0 Å². The van der Waals surface area contributed by atoms with Crippen molar-refractivity contribution in [2.45, 2.75) is 32.7 Å². The van der Waals surface area contributed by atoms with Crippen LogP contribution >= 0.6 is 12.6 Å². The van der Waals surface area contributed by atoms with Crippen LogP contribution in [-0.2, 0) is 11.2 Å². The van der Waals surface area contributed by atoms with Crippen LogP contribution in [0.2, 0.25) is 0 Å². The molecule has 1 aliphatic rings. The summed E-state index contributed by atoms with van der Waals surface area (Å²) in [5.41, 5.74) is 1.05. The lowest BCUT2D eigenvalue weighted by molar-refractivity contribution is -0.795. The van der Waals surface area contributed by atoms with E-state index in [9.17, 15) is 14.7 Å². The molecule has 2 unspecified atom stereocenters. The van der Waals surface area contributed by atoms with Gasteiger partial charge in [-0.15, -0.1) is 0 Å². The molecule has 5 nitrogen and oxygen atoms in total. The van der Waals surface area contributed by atoms with Crippen molar-refractivity contribution < 1.29 is 23.6 Å². The molecule has 1 N–H and O–H groups in total. The lowest BCUT2D eigenvalue weighted by Gasteiger charge is -2.31. The highest BCUT2D eigenvalue weighted by Crippen LogP contribution is 2.35. The zero-order chi connectivity index (χ0) is 15.6. The predicted molar refractivity (Wildman–Crippen MR) is 81.2 cm³/mol. The van der Waals surface area contributed by atoms with Gasteiger partial charge in [0.05, 0.1) is 25.0 Å². The number of likely N-dealkylation sites (tertiary alicyclic amines) is 1. The molecule has 0 aliphatic carbocycles. The molecule has 0 radical (unpaired) electrons. The molecule has 1 aromatic heterocycles. The first-order valence-corrected chi connectivity index (χ1v) is 7.82. The highest BCUT2D eigenvalue weighted by molar-refractivity contribution is 7.80. The Hall–Kier alpha value is -1.27. The van der Waals surface area contributed by atoms with Gasteiger partial charge in [-0.2, -0.15) is 21.9 Å². The van der Waals surface area contributed by atoms with Crippen molar-refractivity contribution in [3.63, 3.8) is 0 Å². The number of carbonyl (C=O) groups is 2. The summed E-state index contributed by atoms with van der Waals surface area (Å²) >= 11 is 4.14. The van der Waals surface area contributed by atoms with Crippen LogP contribution in [0.1, 0.15) is 25.8 Å². The van der Waals surface area contributed by atoms with E-state index in [1.165, 1.54) is 0 Å². The molecule has 1 saturated heterocycles. The molecule has 1 aliphatic heterocycles. The van der Waals surface area contributed by atoms with Gasteiger partial charge in [0.1, 0.15) is 6.04 Å². The predicted octanol–water partition coefficient (Wildman–Crippen LogP) is 2.82. The minimum absolute atomic E-state index is 0.171. The quantitative estimate of drug-likeness (QED) is 0.663. The average Bonchev–Trinajstić information content (AvgIpc) is 3.05. The van der Waals surface area contributed by atoms with E-state index in [2.05, 4.69) is 12.6 Å². The molecule has 1 aromatic rings. The minimum Gasteiger partial charge on any atom is -0.472 e. The molecule has 2 amide bonds. The second-order valence-corrected chi connectivity index (χ2v) is 6.41. The number of carbonyl (C=O) groups excluding carboxylic acids is 1. The Balaban J connectivity index is 2.22. The maximum Gasteiger partial charge on any atom is 0.521 e. The topological polar surface area (TPSA) is 67.5 Å². The van der Waals surface area contributed by atoms with Crippen LogP contribution in [0.25, 0.3) is 0 Å². The number of thiol groups is 1. The molecule has 0 bridgehead atoms. The summed E-state index contributed by atoms with van der Waals surface area (Å²) in [6.45, 7) is 3.94. The van der Waals surface area contributed by atoms with E-state index < -0.39 is 10.6 Å². The first kappa shape index (κ1) is 16.1. The Kier molecular flexibility index (Phi) is 4.78. The van der Waals surface area contributed by atoms with Crippen molar-refractivity contribution in [3.8, 4) is 0 Å². The van der Waals surface area contributed by atoms with Crippen LogP contribution in [0.5, 0.6) is 0 Å². The van der Waals surface area contributed by atoms with Crippen molar-refractivity contribution in [1.82, 2.24) is 0 Å². The van der Waals surface area contributed by atoms with E-state index in [0.717, 1.165) is 18.4 Å². The van der Waals surface area contributed by atoms with E-state index in [-0.39, 0.29) is 23.8 Å². The van der Waals surface area contributed by atoms with Gasteiger partial charge in [-0.1, -0.05) is 0 Å². The highest BCUT2D eigenvalue weighted by atomic mass is 32.1. The third kappa shape index (κ3) is 2.87. The lowest BCUT2D eigenvalue weighted by atomic mass is 9.99. The normalized spacial score (nSPS) is 30.2. The summed E-state index contributed by atoms with van der Waals surface area (Å²) in [6, 6.07) is 1.67. The zero-order valence-electron chi connectivity index (χ0n) is 12.4. The molecule has 1 fully saturated rings. The van der Waals surface area contributed by atoms with Gasteiger partial charge in [0, 0.05) is 18.1 Å². The maximum atomic E-state index is 12.6. The second kappa shape index (κ2) is 6.23. The number of hydrogen-bond donors (Lipinski definition) is 2. The number of rotatable bonds is 4. The summed E-state index contributed by atoms with van der Waals surface area (Å²) in [7, 11) is 0. The summed E-state index contributed by atoms with van der Waals surface area (Å²) < 4.78 is 4.59. The van der Waals surface area contributed by atoms with E-state index in [1.807, 2.05) is 13.0 Å². The van der Waals surface area contributed by atoms with E-state index in [1.54, 1.807) is 19.5 Å². The van der Waals surface area contributed by atoms with Gasteiger partial charge < -0.3 is 9.52 Å². The molecule has 0 aromatic carbocycles. The van der Waals surface area contributed by atoms with Gasteiger partial charge in [-0.05, 0) is 31.9 Å². The van der Waals surface area contributed by atoms with Gasteiger partial charge in [0.15, 0.2) is 0 Å². The van der Waals surface area contributed by atoms with Gasteiger partial charge in [0.25, 0.3) is 0 Å². The number of nitrogens with zero attached hydrogens (tertiary/aromatic N) is 1. The minimum atomic E-state index is -1.05. The molecule has 4 atom stereocenters. The fourth-order valence-corrected chi connectivity index (χ4v) is 3.51. The lowest BCUT2D eigenvalue weighted by Crippen LogP contribution is -2.60. The molecule has 2 heterocycles. The number of furan rings is 1. The first-order valence-electron chi connectivity index (χ1n) is 7.19. The van der Waals surface area contributed by atoms with Crippen molar-refractivity contribution in [3.05, 3.63) is 24.2 Å². The van der Waals surface area contributed by atoms with Gasteiger partial charge >= 0.3 is 12.0 Å². The number of amides is 2. The molecule has 21 heavy (non-hydrogen) atoms. The summed E-state index contributed by atoms with van der Waals surface area (Å²) in [5, 5.41) is 9.70. The second-order valence-electron chi connectivity index (χ2n) is 6.04. The number of carboxylic acid groups (broad SMARTS) is 1. The van der Waals surface area contributed by atoms with Crippen molar-refractivity contribution >= 4 is 24.6 Å². The molecular weight excluding hydrogens is 290 g/mol. The Bertz CT molecular complexity index is 516. The van der Waals surface area contributed by atoms with E-state index in [4.69, 9.17) is 4.42 Å². The zero-order valence-corrected chi connectivity index (χ0v) is 13.3. The monoisotopic (exact) mass is 312 g/mol. The largest absolute Gasteiger partial charge is 0.521 e. The van der Waals surface area contributed by atoms with E-state index in [0.29, 0.717) is 12.3 Å². The van der Waals surface area contributed by atoms with Gasteiger partial charge in [-0.25, -0.2) is 4.79 Å². The third-order valence-corrected chi connectivity index (χ3v) is 5.06. The summed E-state index contributed by atoms with van der Waals surface area (Å²) in [6.07, 6.45) is 3.72. The van der Waals surface area contributed by atoms with Crippen LogP contribution in [0, 0.1) is 11.8 Å². The van der Waals surface area contributed by atoms with Crippen molar-refractivity contribution in [1.29, 1.82) is 0 Å². The Morgan fingerprint density at radius 1 is 1.57 bits per heavy atom. The number of quaternary nitrogens is 1. The standard InChI is InChI=1S/C15H21NO4S/c1-10(9-21)14(17)16(15(18)19)7-13(5-11(16)2)6-12-3-4-20-8-12/h3-4,8,10-11,13H,5-7,9H2,1-2H3,(H-,18,19,21)/p+1/t10?,11?,13-,16+/m1/s1. The van der Waals surface area contributed by atoms with Crippen LogP contribution in [0.4, 0.5) is 4.79 Å². The Morgan fingerprint density at radius 3 is 2.81 bits per heavy atom. The molecule has 0 saturated carbocycles. The molecule has 6 heteroatoms. The summed E-state index contributed by atoms with van der Waals surface area (Å²) in [4.78, 5) is 24.5. The Morgan fingerprint density at radius 2 is 2.29 bits per heavy atom. The molecular formula is C15H22NO4S+. The number of hydrogen-bond acceptors (Lipinski definition) is 4. The van der Waals surface area contributed by atoms with Crippen molar-refractivity contribution in [2.24, 2.45) is 11.8 Å². The van der Waals surface area contributed by atoms with Crippen molar-refractivity contribution in [2.75, 3.05) is 12.3 Å². The molecule has 2 rings (SSSR count). The number of imide groups is 1. The molecule has 116 valence electrons. The smallest absolute Gasteiger partial charge is 0.472 e. The maximum absolute atomic E-state index is 12.6. The SMILES string of the molecule is CC(CS)C(=O)[N@+]1(C(=O)O)C[C@@H](Cc2ccoc2)CC1C. The average molecular weight is 312 g/mol. The fourth-order valence-electron chi connectivity index (χ4n) is 3.35. The van der Waals surface area contributed by atoms with Crippen LogP contribution in [0.15, 0.2) is 23.0 Å². The van der Waals surface area contributed by atoms with Crippen LogP contribution in [0.3, 0.4) is 0 Å². The highest BCUT2D eigenvalue weighted by Gasteiger charge is 2.57. The molecule has 0 spiro atoms.